The molecule has 2 aromatic carbocycles. The molecule has 1 saturated heterocycles. The first kappa shape index (κ1) is 18.0. The lowest BCUT2D eigenvalue weighted by Gasteiger charge is -2.20. The molecule has 4 rings (SSSR count). The van der Waals surface area contributed by atoms with Crippen LogP contribution in [0.2, 0.25) is 0 Å². The summed E-state index contributed by atoms with van der Waals surface area (Å²) in [4.78, 5) is 36.0. The van der Waals surface area contributed by atoms with Crippen molar-refractivity contribution in [3.8, 4) is 5.75 Å². The van der Waals surface area contributed by atoms with Crippen LogP contribution in [-0.2, 0) is 19.8 Å². The molecule has 3 amide bonds. The summed E-state index contributed by atoms with van der Waals surface area (Å²) in [6.45, 7) is 0.206. The molecule has 0 radical (unpaired) electrons. The van der Waals surface area contributed by atoms with Crippen LogP contribution in [0.4, 0.5) is 11.4 Å². The van der Waals surface area contributed by atoms with Gasteiger partial charge in [-0.15, -0.1) is 0 Å². The first-order valence-electron chi connectivity index (χ1n) is 8.94. The SMILES string of the molecule is NC(=O)COc1ccc(NC(=O)C2CC3(CN2)C(=O)Nc2ccccc23)cc1. The van der Waals surface area contributed by atoms with Gasteiger partial charge >= 0.3 is 0 Å². The number of nitrogens with two attached hydrogens (primary N) is 1. The molecule has 2 aromatic rings. The van der Waals surface area contributed by atoms with Crippen LogP contribution in [0.15, 0.2) is 48.5 Å². The number of amides is 3. The number of rotatable bonds is 5. The van der Waals surface area contributed by atoms with Gasteiger partial charge in [0.05, 0.1) is 11.5 Å². The highest BCUT2D eigenvalue weighted by Crippen LogP contribution is 2.43. The third-order valence-electron chi connectivity index (χ3n) is 5.15. The Bertz CT molecular complexity index is 943. The zero-order valence-electron chi connectivity index (χ0n) is 15.0. The lowest BCUT2D eigenvalue weighted by atomic mass is 9.79. The lowest BCUT2D eigenvalue weighted by Crippen LogP contribution is -2.36. The Morgan fingerprint density at radius 3 is 2.68 bits per heavy atom. The summed E-state index contributed by atoms with van der Waals surface area (Å²) in [6, 6.07) is 13.7. The van der Waals surface area contributed by atoms with Crippen LogP contribution in [0.3, 0.4) is 0 Å². The van der Waals surface area contributed by atoms with Gasteiger partial charge in [-0.2, -0.15) is 0 Å². The molecular weight excluding hydrogens is 360 g/mol. The first-order chi connectivity index (χ1) is 13.5. The molecule has 144 valence electrons. The zero-order valence-corrected chi connectivity index (χ0v) is 15.0. The first-order valence-corrected chi connectivity index (χ1v) is 8.94. The molecule has 0 aliphatic carbocycles. The number of anilines is 2. The van der Waals surface area contributed by atoms with E-state index in [0.717, 1.165) is 11.3 Å². The van der Waals surface area contributed by atoms with Gasteiger partial charge in [0.15, 0.2) is 6.61 Å². The minimum Gasteiger partial charge on any atom is -0.484 e. The third-order valence-corrected chi connectivity index (χ3v) is 5.15. The second-order valence-corrected chi connectivity index (χ2v) is 6.99. The molecule has 2 atom stereocenters. The topological polar surface area (TPSA) is 123 Å². The van der Waals surface area contributed by atoms with Crippen LogP contribution in [0, 0.1) is 0 Å². The predicted octanol–water partition coefficient (Wildman–Crippen LogP) is 0.741. The number of nitrogens with one attached hydrogen (secondary N) is 3. The van der Waals surface area contributed by atoms with Crippen molar-refractivity contribution in [3.63, 3.8) is 0 Å². The third kappa shape index (κ3) is 3.18. The molecule has 8 nitrogen and oxygen atoms in total. The molecule has 2 aliphatic rings. The van der Waals surface area contributed by atoms with Gasteiger partial charge in [0.1, 0.15) is 5.75 Å². The Hall–Kier alpha value is -3.39. The number of primary amides is 1. The van der Waals surface area contributed by atoms with Gasteiger partial charge in [0.25, 0.3) is 5.91 Å². The maximum atomic E-state index is 12.7. The monoisotopic (exact) mass is 380 g/mol. The molecule has 5 N–H and O–H groups in total. The molecule has 28 heavy (non-hydrogen) atoms. The number of ether oxygens (including phenoxy) is 1. The molecule has 0 saturated carbocycles. The Kier molecular flexibility index (Phi) is 4.48. The highest BCUT2D eigenvalue weighted by molar-refractivity contribution is 6.08. The van der Waals surface area contributed by atoms with Crippen molar-refractivity contribution in [3.05, 3.63) is 54.1 Å². The standard InChI is InChI=1S/C20H20N4O4/c21-17(25)10-28-13-7-5-12(6-8-13)23-18(26)16-9-20(11-22-16)14-3-1-2-4-15(14)24-19(20)27/h1-8,16,22H,9-11H2,(H2,21,25)(H,23,26)(H,24,27). The number of carbonyl (C=O) groups excluding carboxylic acids is 3. The summed E-state index contributed by atoms with van der Waals surface area (Å²) >= 11 is 0. The van der Waals surface area contributed by atoms with Crippen molar-refractivity contribution in [1.82, 2.24) is 5.32 Å². The van der Waals surface area contributed by atoms with Crippen molar-refractivity contribution < 1.29 is 19.1 Å². The zero-order chi connectivity index (χ0) is 19.7. The fraction of sp³-hybridized carbons (Fsp3) is 0.250. The minimum absolute atomic E-state index is 0.0764. The Morgan fingerprint density at radius 2 is 1.93 bits per heavy atom. The number of benzene rings is 2. The van der Waals surface area contributed by atoms with Crippen molar-refractivity contribution >= 4 is 29.1 Å². The molecule has 2 heterocycles. The predicted molar refractivity (Wildman–Crippen MR) is 103 cm³/mol. The highest BCUT2D eigenvalue weighted by Gasteiger charge is 2.52. The van der Waals surface area contributed by atoms with E-state index in [4.69, 9.17) is 10.5 Å². The van der Waals surface area contributed by atoms with Crippen LogP contribution < -0.4 is 26.4 Å². The average molecular weight is 380 g/mol. The highest BCUT2D eigenvalue weighted by atomic mass is 16.5. The van der Waals surface area contributed by atoms with Crippen LogP contribution in [0.1, 0.15) is 12.0 Å². The van der Waals surface area contributed by atoms with E-state index in [9.17, 15) is 14.4 Å². The summed E-state index contributed by atoms with van der Waals surface area (Å²) in [6.07, 6.45) is 0.390. The largest absolute Gasteiger partial charge is 0.484 e. The molecular formula is C20H20N4O4. The van der Waals surface area contributed by atoms with Crippen molar-refractivity contribution in [2.24, 2.45) is 5.73 Å². The second-order valence-electron chi connectivity index (χ2n) is 6.99. The minimum atomic E-state index is -0.717. The summed E-state index contributed by atoms with van der Waals surface area (Å²) in [5, 5.41) is 8.92. The lowest BCUT2D eigenvalue weighted by molar-refractivity contribution is -0.121. The maximum Gasteiger partial charge on any atom is 0.255 e. The van der Waals surface area contributed by atoms with E-state index in [1.807, 2.05) is 24.3 Å². The van der Waals surface area contributed by atoms with Crippen molar-refractivity contribution in [2.75, 3.05) is 23.8 Å². The van der Waals surface area contributed by atoms with E-state index in [0.29, 0.717) is 24.4 Å². The second kappa shape index (κ2) is 6.97. The summed E-state index contributed by atoms with van der Waals surface area (Å²) < 4.78 is 5.19. The number of hydrogen-bond donors (Lipinski definition) is 4. The summed E-state index contributed by atoms with van der Waals surface area (Å²) in [7, 11) is 0. The Morgan fingerprint density at radius 1 is 1.18 bits per heavy atom. The van der Waals surface area contributed by atoms with Gasteiger partial charge in [0, 0.05) is 17.9 Å². The van der Waals surface area contributed by atoms with E-state index >= 15 is 0 Å². The number of fused-ring (bicyclic) bond motifs is 2. The van der Waals surface area contributed by atoms with Crippen molar-refractivity contribution in [2.45, 2.75) is 17.9 Å². The summed E-state index contributed by atoms with van der Waals surface area (Å²) in [5.41, 5.74) is 6.65. The van der Waals surface area contributed by atoms with Gasteiger partial charge in [-0.3, -0.25) is 14.4 Å². The smallest absolute Gasteiger partial charge is 0.255 e. The van der Waals surface area contributed by atoms with E-state index in [-0.39, 0.29) is 18.4 Å². The van der Waals surface area contributed by atoms with Crippen LogP contribution in [-0.4, -0.2) is 36.9 Å². The Balaban J connectivity index is 1.42. The van der Waals surface area contributed by atoms with Crippen LogP contribution in [0.5, 0.6) is 5.75 Å². The Labute approximate surface area is 161 Å². The van der Waals surface area contributed by atoms with Gasteiger partial charge in [-0.1, -0.05) is 18.2 Å². The van der Waals surface area contributed by atoms with E-state index in [1.165, 1.54) is 0 Å². The molecule has 0 aromatic heterocycles. The van der Waals surface area contributed by atoms with E-state index in [2.05, 4.69) is 16.0 Å². The number of para-hydroxylation sites is 1. The van der Waals surface area contributed by atoms with Crippen LogP contribution >= 0.6 is 0 Å². The van der Waals surface area contributed by atoms with Crippen LogP contribution in [0.25, 0.3) is 0 Å². The van der Waals surface area contributed by atoms with Gasteiger partial charge < -0.3 is 26.4 Å². The average Bonchev–Trinajstić information content (AvgIpc) is 3.25. The fourth-order valence-electron chi connectivity index (χ4n) is 3.75. The van der Waals surface area contributed by atoms with E-state index < -0.39 is 17.4 Å². The normalized spacial score (nSPS) is 22.6. The van der Waals surface area contributed by atoms with Gasteiger partial charge in [0.2, 0.25) is 11.8 Å². The maximum absolute atomic E-state index is 12.7. The van der Waals surface area contributed by atoms with Gasteiger partial charge in [-0.25, -0.2) is 0 Å². The van der Waals surface area contributed by atoms with Crippen molar-refractivity contribution in [1.29, 1.82) is 0 Å². The van der Waals surface area contributed by atoms with E-state index in [1.54, 1.807) is 24.3 Å². The molecule has 1 spiro atoms. The molecule has 2 aliphatic heterocycles. The molecule has 1 fully saturated rings. The quantitative estimate of drug-likeness (QED) is 0.609. The molecule has 0 bridgehead atoms. The fourth-order valence-corrected chi connectivity index (χ4v) is 3.75. The number of carbonyl (C=O) groups is 3. The number of hydrogen-bond acceptors (Lipinski definition) is 5. The van der Waals surface area contributed by atoms with Gasteiger partial charge in [-0.05, 0) is 42.3 Å². The summed E-state index contributed by atoms with van der Waals surface area (Å²) in [5.74, 6) is -0.363. The molecule has 2 unspecified atom stereocenters. The molecule has 8 heteroatoms.